The minimum absolute atomic E-state index is 0.858. The van der Waals surface area contributed by atoms with Gasteiger partial charge in [0.2, 0.25) is 0 Å². The maximum absolute atomic E-state index is 7.08. The van der Waals surface area contributed by atoms with Crippen LogP contribution in [0.2, 0.25) is 0 Å². The predicted molar refractivity (Wildman–Crippen MR) is 235 cm³/mol. The largest absolute Gasteiger partial charge is 0.455 e. The molecule has 0 N–H and O–H groups in total. The molecule has 0 saturated carbocycles. The molecule has 11 rings (SSSR count). The molecule has 0 aliphatic carbocycles. The molecule has 0 spiro atoms. The van der Waals surface area contributed by atoms with Crippen molar-refractivity contribution < 1.29 is 4.74 Å². The van der Waals surface area contributed by atoms with Crippen molar-refractivity contribution in [1.29, 1.82) is 0 Å². The van der Waals surface area contributed by atoms with E-state index in [1.807, 2.05) is 0 Å². The van der Waals surface area contributed by atoms with E-state index in [-0.39, 0.29) is 0 Å². The summed E-state index contributed by atoms with van der Waals surface area (Å²) in [5.41, 5.74) is 12.6. The fraction of sp³-hybridized carbons (Fsp3) is 0. The molecule has 2 nitrogen and oxygen atoms in total. The van der Waals surface area contributed by atoms with E-state index in [0.29, 0.717) is 0 Å². The zero-order chi connectivity index (χ0) is 37.0. The Morgan fingerprint density at radius 2 is 0.929 bits per heavy atom. The summed E-state index contributed by atoms with van der Waals surface area (Å²) in [7, 11) is 0. The Morgan fingerprint density at radius 1 is 0.321 bits per heavy atom. The monoisotopic (exact) mass is 713 g/mol. The van der Waals surface area contributed by atoms with E-state index in [9.17, 15) is 0 Å². The van der Waals surface area contributed by atoms with Crippen molar-refractivity contribution in [3.8, 4) is 56.0 Å². The minimum Gasteiger partial charge on any atom is -0.455 e. The zero-order valence-corrected chi connectivity index (χ0v) is 30.6. The van der Waals surface area contributed by atoms with Gasteiger partial charge in [-0.15, -0.1) is 0 Å². The molecule has 262 valence electrons. The predicted octanol–water partition coefficient (Wildman–Crippen LogP) is 15.4. The van der Waals surface area contributed by atoms with Crippen molar-refractivity contribution in [3.05, 3.63) is 212 Å². The van der Waals surface area contributed by atoms with Crippen LogP contribution in [0.1, 0.15) is 0 Å². The van der Waals surface area contributed by atoms with Gasteiger partial charge in [-0.25, -0.2) is 0 Å². The average molecular weight is 714 g/mol. The average Bonchev–Trinajstić information content (AvgIpc) is 3.42. The normalized spacial score (nSPS) is 11.7. The summed E-state index contributed by atoms with van der Waals surface area (Å²) < 4.78 is 7.08. The van der Waals surface area contributed by atoms with Crippen LogP contribution in [0, 0.1) is 0 Å². The Balaban J connectivity index is 1.11. The van der Waals surface area contributed by atoms with E-state index in [4.69, 9.17) is 4.74 Å². The molecule has 1 aliphatic heterocycles. The summed E-state index contributed by atoms with van der Waals surface area (Å²) in [6, 6.07) is 76.3. The quantitative estimate of drug-likeness (QED) is 0.165. The highest BCUT2D eigenvalue weighted by molar-refractivity contribution is 6.15. The molecule has 0 radical (unpaired) electrons. The second-order valence-corrected chi connectivity index (χ2v) is 14.5. The van der Waals surface area contributed by atoms with Gasteiger partial charge in [0.05, 0.1) is 5.69 Å². The first-order chi connectivity index (χ1) is 27.8. The van der Waals surface area contributed by atoms with Gasteiger partial charge >= 0.3 is 0 Å². The lowest BCUT2D eigenvalue weighted by molar-refractivity contribution is 0.493. The van der Waals surface area contributed by atoms with Crippen LogP contribution < -0.4 is 9.64 Å². The van der Waals surface area contributed by atoms with Crippen molar-refractivity contribution in [2.45, 2.75) is 0 Å². The first kappa shape index (κ1) is 32.0. The molecule has 1 heterocycles. The van der Waals surface area contributed by atoms with Crippen LogP contribution in [0.3, 0.4) is 0 Å². The third kappa shape index (κ3) is 5.26. The number of fused-ring (bicyclic) bond motifs is 10. The lowest BCUT2D eigenvalue weighted by atomic mass is 9.89. The molecule has 0 bridgehead atoms. The summed E-state index contributed by atoms with van der Waals surface area (Å²) in [5.74, 6) is 1.73. The fourth-order valence-corrected chi connectivity index (χ4v) is 8.63. The van der Waals surface area contributed by atoms with Crippen LogP contribution in [0.5, 0.6) is 11.5 Å². The highest BCUT2D eigenvalue weighted by atomic mass is 16.5. The molecule has 2 heteroatoms. The first-order valence-electron chi connectivity index (χ1n) is 19.2. The van der Waals surface area contributed by atoms with E-state index >= 15 is 0 Å². The topological polar surface area (TPSA) is 12.5 Å². The third-order valence-corrected chi connectivity index (χ3v) is 11.2. The molecule has 10 aromatic carbocycles. The van der Waals surface area contributed by atoms with Gasteiger partial charge in [-0.2, -0.15) is 0 Å². The zero-order valence-electron chi connectivity index (χ0n) is 30.6. The Labute approximate surface area is 326 Å². The van der Waals surface area contributed by atoms with Crippen LogP contribution in [0.25, 0.3) is 76.8 Å². The van der Waals surface area contributed by atoms with E-state index in [1.54, 1.807) is 0 Å². The standard InChI is InChI=1S/C54H35NO/c1-3-14-36(15-4-1)37-26-29-41(30-27-37)55(51-35-39-18-7-8-19-43(39)46-20-9-11-22-48(46)51)42-31-33-45-40(34-42)28-32-50-47-21-10-12-23-49(47)53-44(38-16-5-2-6-17-38)24-13-25-52(53)56-54(45)50/h1-35H. The number of hydrogen-bond acceptors (Lipinski definition) is 2. The Bertz CT molecular complexity index is 3100. The van der Waals surface area contributed by atoms with Crippen LogP contribution >= 0.6 is 0 Å². The minimum atomic E-state index is 0.858. The molecular weight excluding hydrogens is 679 g/mol. The Kier molecular flexibility index (Phi) is 7.53. The number of nitrogens with zero attached hydrogens (tertiary/aromatic N) is 1. The molecule has 0 amide bonds. The highest BCUT2D eigenvalue weighted by Gasteiger charge is 2.26. The summed E-state index contributed by atoms with van der Waals surface area (Å²) >= 11 is 0. The Morgan fingerprint density at radius 3 is 1.73 bits per heavy atom. The lowest BCUT2D eigenvalue weighted by Gasteiger charge is -2.28. The number of hydrogen-bond donors (Lipinski definition) is 0. The summed E-state index contributed by atoms with van der Waals surface area (Å²) in [4.78, 5) is 2.41. The van der Waals surface area contributed by atoms with Gasteiger partial charge < -0.3 is 9.64 Å². The maximum Gasteiger partial charge on any atom is 0.143 e. The van der Waals surface area contributed by atoms with Crippen LogP contribution in [0.15, 0.2) is 212 Å². The number of rotatable bonds is 5. The molecule has 10 aromatic rings. The smallest absolute Gasteiger partial charge is 0.143 e. The molecule has 0 fully saturated rings. The maximum atomic E-state index is 7.08. The molecule has 0 atom stereocenters. The molecule has 56 heavy (non-hydrogen) atoms. The van der Waals surface area contributed by atoms with Gasteiger partial charge in [-0.05, 0) is 103 Å². The van der Waals surface area contributed by atoms with Gasteiger partial charge in [0.15, 0.2) is 0 Å². The molecule has 0 unspecified atom stereocenters. The molecule has 0 aromatic heterocycles. The van der Waals surface area contributed by atoms with E-state index in [1.165, 1.54) is 49.4 Å². The molecule has 1 aliphatic rings. The van der Waals surface area contributed by atoms with Gasteiger partial charge in [-0.1, -0.05) is 164 Å². The van der Waals surface area contributed by atoms with Crippen molar-refractivity contribution >= 4 is 49.4 Å². The fourth-order valence-electron chi connectivity index (χ4n) is 8.63. The first-order valence-corrected chi connectivity index (χ1v) is 19.2. The number of anilines is 3. The van der Waals surface area contributed by atoms with Gasteiger partial charge in [-0.3, -0.25) is 0 Å². The summed E-state index contributed by atoms with van der Waals surface area (Å²) in [6.07, 6.45) is 0. The van der Waals surface area contributed by atoms with Crippen molar-refractivity contribution in [2.75, 3.05) is 4.90 Å². The van der Waals surface area contributed by atoms with Crippen LogP contribution in [-0.4, -0.2) is 0 Å². The SMILES string of the molecule is c1ccc(-c2ccc(N(c3ccc4c5c(ccc4c3)-c3ccccc3-c3c(cccc3-c3ccccc3)O5)c3cc4ccccc4c4ccccc34)cc2)cc1. The van der Waals surface area contributed by atoms with Gasteiger partial charge in [0, 0.05) is 33.3 Å². The number of benzene rings is 10. The van der Waals surface area contributed by atoms with E-state index < -0.39 is 0 Å². The van der Waals surface area contributed by atoms with Crippen LogP contribution in [-0.2, 0) is 0 Å². The second-order valence-electron chi connectivity index (χ2n) is 14.5. The Hall–Kier alpha value is -7.42. The van der Waals surface area contributed by atoms with E-state index in [0.717, 1.165) is 56.0 Å². The third-order valence-electron chi connectivity index (χ3n) is 11.2. The van der Waals surface area contributed by atoms with Crippen molar-refractivity contribution in [3.63, 3.8) is 0 Å². The summed E-state index contributed by atoms with van der Waals surface area (Å²) in [5, 5.41) is 7.07. The molecular formula is C54H35NO. The van der Waals surface area contributed by atoms with Crippen molar-refractivity contribution in [1.82, 2.24) is 0 Å². The van der Waals surface area contributed by atoms with Crippen LogP contribution in [0.4, 0.5) is 17.1 Å². The van der Waals surface area contributed by atoms with Gasteiger partial charge in [0.1, 0.15) is 11.5 Å². The highest BCUT2D eigenvalue weighted by Crippen LogP contribution is 2.52. The van der Waals surface area contributed by atoms with E-state index in [2.05, 4.69) is 217 Å². The molecule has 0 saturated heterocycles. The van der Waals surface area contributed by atoms with Crippen molar-refractivity contribution in [2.24, 2.45) is 0 Å². The summed E-state index contributed by atoms with van der Waals surface area (Å²) in [6.45, 7) is 0. The number of ether oxygens (including phenoxy) is 1. The van der Waals surface area contributed by atoms with Gasteiger partial charge in [0.25, 0.3) is 0 Å². The lowest BCUT2D eigenvalue weighted by Crippen LogP contribution is -2.10. The second kappa shape index (κ2) is 13.2.